The maximum Gasteiger partial charge on any atom is 0.257 e. The van der Waals surface area contributed by atoms with Crippen molar-refractivity contribution >= 4 is 5.91 Å². The first-order chi connectivity index (χ1) is 12.6. The minimum Gasteiger partial charge on any atom is -0.385 e. The van der Waals surface area contributed by atoms with Crippen molar-refractivity contribution < 1.29 is 18.7 Å². The van der Waals surface area contributed by atoms with Gasteiger partial charge in [-0.05, 0) is 43.0 Å². The van der Waals surface area contributed by atoms with Gasteiger partial charge in [-0.3, -0.25) is 9.89 Å². The molecule has 3 heterocycles. The van der Waals surface area contributed by atoms with Crippen LogP contribution >= 0.6 is 0 Å². The minimum atomic E-state index is -0.313. The molecule has 2 aliphatic heterocycles. The van der Waals surface area contributed by atoms with Gasteiger partial charge in [0, 0.05) is 19.3 Å². The van der Waals surface area contributed by atoms with Crippen LogP contribution in [0.5, 0.6) is 0 Å². The monoisotopic (exact) mass is 359 g/mol. The molecular formula is C19H22FN3O3. The molecule has 2 saturated heterocycles. The van der Waals surface area contributed by atoms with E-state index in [4.69, 9.17) is 9.47 Å². The summed E-state index contributed by atoms with van der Waals surface area (Å²) in [5.41, 5.74) is 1.65. The third kappa shape index (κ3) is 3.12. The largest absolute Gasteiger partial charge is 0.385 e. The molecule has 138 valence electrons. The second kappa shape index (κ2) is 6.81. The van der Waals surface area contributed by atoms with Gasteiger partial charge in [-0.25, -0.2) is 4.39 Å². The number of aromatic amines is 1. The molecule has 4 rings (SSSR count). The Morgan fingerprint density at radius 3 is 2.92 bits per heavy atom. The molecule has 0 bridgehead atoms. The van der Waals surface area contributed by atoms with Crippen LogP contribution in [-0.4, -0.2) is 60.0 Å². The van der Waals surface area contributed by atoms with Crippen molar-refractivity contribution in [1.29, 1.82) is 0 Å². The predicted octanol–water partition coefficient (Wildman–Crippen LogP) is 2.48. The third-order valence-corrected chi connectivity index (χ3v) is 5.26. The van der Waals surface area contributed by atoms with Gasteiger partial charge < -0.3 is 14.4 Å². The summed E-state index contributed by atoms with van der Waals surface area (Å²) in [4.78, 5) is 14.6. The van der Waals surface area contributed by atoms with Gasteiger partial charge >= 0.3 is 0 Å². The van der Waals surface area contributed by atoms with E-state index in [1.807, 2.05) is 0 Å². The average molecular weight is 359 g/mol. The molecule has 2 aliphatic rings. The van der Waals surface area contributed by atoms with Crippen molar-refractivity contribution in [1.82, 2.24) is 15.1 Å². The number of hydrogen-bond acceptors (Lipinski definition) is 4. The van der Waals surface area contributed by atoms with Gasteiger partial charge in [-0.1, -0.05) is 0 Å². The number of amides is 1. The number of nitrogens with zero attached hydrogens (tertiary/aromatic N) is 2. The number of carbonyl (C=O) groups excluding carboxylic acids is 1. The minimum absolute atomic E-state index is 0.0763. The molecule has 1 spiro atoms. The molecule has 0 saturated carbocycles. The molecule has 0 aliphatic carbocycles. The van der Waals surface area contributed by atoms with Gasteiger partial charge in [0.2, 0.25) is 0 Å². The summed E-state index contributed by atoms with van der Waals surface area (Å²) in [6.45, 7) is 2.67. The first-order valence-electron chi connectivity index (χ1n) is 8.82. The average Bonchev–Trinajstić information content (AvgIpc) is 3.26. The van der Waals surface area contributed by atoms with Crippen LogP contribution in [0.15, 0.2) is 30.5 Å². The molecular weight excluding hydrogens is 337 g/mol. The van der Waals surface area contributed by atoms with E-state index in [0.717, 1.165) is 31.6 Å². The van der Waals surface area contributed by atoms with Gasteiger partial charge in [0.25, 0.3) is 5.91 Å². The first kappa shape index (κ1) is 17.2. The zero-order valence-electron chi connectivity index (χ0n) is 14.7. The van der Waals surface area contributed by atoms with Crippen molar-refractivity contribution in [2.75, 3.05) is 33.4 Å². The second-order valence-electron chi connectivity index (χ2n) is 7.17. The van der Waals surface area contributed by atoms with Crippen molar-refractivity contribution in [3.05, 3.63) is 41.8 Å². The number of aromatic nitrogens is 2. The fraction of sp³-hybridized carbons (Fsp3) is 0.474. The van der Waals surface area contributed by atoms with Gasteiger partial charge in [-0.2, -0.15) is 5.10 Å². The lowest BCUT2D eigenvalue weighted by Crippen LogP contribution is -2.63. The van der Waals surface area contributed by atoms with E-state index < -0.39 is 0 Å². The summed E-state index contributed by atoms with van der Waals surface area (Å²) in [5, 5.41) is 6.86. The van der Waals surface area contributed by atoms with E-state index in [1.54, 1.807) is 24.1 Å². The zero-order valence-corrected chi connectivity index (χ0v) is 14.7. The lowest BCUT2D eigenvalue weighted by molar-refractivity contribution is -0.0950. The number of carbonyl (C=O) groups is 1. The SMILES string of the molecule is COCCC1COC2(C1)CN(C(=O)c1cn[nH]c1-c1ccc(F)cc1)C2. The van der Waals surface area contributed by atoms with Crippen LogP contribution in [0.2, 0.25) is 0 Å². The Morgan fingerprint density at radius 2 is 2.19 bits per heavy atom. The highest BCUT2D eigenvalue weighted by molar-refractivity contribution is 6.00. The molecule has 1 N–H and O–H groups in total. The predicted molar refractivity (Wildman–Crippen MR) is 93.2 cm³/mol. The van der Waals surface area contributed by atoms with Gasteiger partial charge in [0.1, 0.15) is 11.4 Å². The van der Waals surface area contributed by atoms with Crippen molar-refractivity contribution in [3.8, 4) is 11.3 Å². The number of rotatable bonds is 5. The Morgan fingerprint density at radius 1 is 1.42 bits per heavy atom. The molecule has 1 aromatic carbocycles. The topological polar surface area (TPSA) is 67.5 Å². The molecule has 26 heavy (non-hydrogen) atoms. The Hall–Kier alpha value is -2.25. The van der Waals surface area contributed by atoms with Crippen LogP contribution in [0, 0.1) is 11.7 Å². The van der Waals surface area contributed by atoms with Crippen LogP contribution in [-0.2, 0) is 9.47 Å². The van der Waals surface area contributed by atoms with Crippen molar-refractivity contribution in [2.45, 2.75) is 18.4 Å². The van der Waals surface area contributed by atoms with Crippen molar-refractivity contribution in [2.24, 2.45) is 5.92 Å². The highest BCUT2D eigenvalue weighted by Crippen LogP contribution is 2.40. The third-order valence-electron chi connectivity index (χ3n) is 5.26. The van der Waals surface area contributed by atoms with Crippen LogP contribution in [0.1, 0.15) is 23.2 Å². The van der Waals surface area contributed by atoms with Gasteiger partial charge in [0.15, 0.2) is 0 Å². The fourth-order valence-corrected chi connectivity index (χ4v) is 3.88. The molecule has 0 radical (unpaired) electrons. The summed E-state index contributed by atoms with van der Waals surface area (Å²) in [6, 6.07) is 6.01. The highest BCUT2D eigenvalue weighted by Gasteiger charge is 2.51. The Balaban J connectivity index is 1.42. The summed E-state index contributed by atoms with van der Waals surface area (Å²) in [7, 11) is 1.71. The molecule has 1 amide bonds. The maximum absolute atomic E-state index is 13.1. The molecule has 2 aromatic rings. The van der Waals surface area contributed by atoms with Crippen LogP contribution in [0.25, 0.3) is 11.3 Å². The summed E-state index contributed by atoms with van der Waals surface area (Å²) in [5.74, 6) is 0.107. The van der Waals surface area contributed by atoms with E-state index in [-0.39, 0.29) is 17.3 Å². The number of nitrogens with one attached hydrogen (secondary N) is 1. The van der Waals surface area contributed by atoms with E-state index in [9.17, 15) is 9.18 Å². The van der Waals surface area contributed by atoms with E-state index in [1.165, 1.54) is 18.3 Å². The standard InChI is InChI=1S/C19H22FN3O3/c1-25-7-6-13-8-19(26-10-13)11-23(12-19)18(24)16-9-21-22-17(16)14-2-4-15(20)5-3-14/h2-5,9,13H,6-8,10-12H2,1H3,(H,21,22). The number of H-pyrrole nitrogens is 1. The molecule has 1 aromatic heterocycles. The Kier molecular flexibility index (Phi) is 4.50. The zero-order chi connectivity index (χ0) is 18.1. The van der Waals surface area contributed by atoms with E-state index in [2.05, 4.69) is 10.2 Å². The summed E-state index contributed by atoms with van der Waals surface area (Å²) < 4.78 is 24.3. The highest BCUT2D eigenvalue weighted by atomic mass is 19.1. The number of methoxy groups -OCH3 is 1. The first-order valence-corrected chi connectivity index (χ1v) is 8.82. The molecule has 7 heteroatoms. The Labute approximate surface area is 151 Å². The lowest BCUT2D eigenvalue weighted by Gasteiger charge is -2.47. The number of likely N-dealkylation sites (tertiary alicyclic amines) is 1. The number of benzene rings is 1. The molecule has 2 fully saturated rings. The van der Waals surface area contributed by atoms with Crippen LogP contribution in [0.4, 0.5) is 4.39 Å². The van der Waals surface area contributed by atoms with Crippen molar-refractivity contribution in [3.63, 3.8) is 0 Å². The number of hydrogen-bond donors (Lipinski definition) is 1. The quantitative estimate of drug-likeness (QED) is 0.891. The number of ether oxygens (including phenoxy) is 2. The molecule has 1 unspecified atom stereocenters. The van der Waals surface area contributed by atoms with Crippen LogP contribution in [0.3, 0.4) is 0 Å². The summed E-state index contributed by atoms with van der Waals surface area (Å²) >= 11 is 0. The van der Waals surface area contributed by atoms with Gasteiger partial charge in [-0.15, -0.1) is 0 Å². The van der Waals surface area contributed by atoms with E-state index >= 15 is 0 Å². The smallest absolute Gasteiger partial charge is 0.257 e. The maximum atomic E-state index is 13.1. The van der Waals surface area contributed by atoms with E-state index in [0.29, 0.717) is 30.3 Å². The fourth-order valence-electron chi connectivity index (χ4n) is 3.88. The second-order valence-corrected chi connectivity index (χ2v) is 7.17. The lowest BCUT2D eigenvalue weighted by atomic mass is 9.85. The summed E-state index contributed by atoms with van der Waals surface area (Å²) in [6.07, 6.45) is 3.49. The number of halogens is 1. The van der Waals surface area contributed by atoms with Gasteiger partial charge in [0.05, 0.1) is 37.2 Å². The molecule has 6 nitrogen and oxygen atoms in total. The molecule has 1 atom stereocenters. The normalized spacial score (nSPS) is 21.2. The van der Waals surface area contributed by atoms with Crippen LogP contribution < -0.4 is 0 Å². The Bertz CT molecular complexity index is 784.